The van der Waals surface area contributed by atoms with Crippen LogP contribution in [0.5, 0.6) is 5.75 Å². The first kappa shape index (κ1) is 30.2. The first-order chi connectivity index (χ1) is 20.2. The highest BCUT2D eigenvalue weighted by atomic mass is 32.1. The molecule has 0 aliphatic carbocycles. The van der Waals surface area contributed by atoms with Gasteiger partial charge in [-0.3, -0.25) is 14.5 Å². The van der Waals surface area contributed by atoms with Gasteiger partial charge in [0.2, 0.25) is 0 Å². The molecule has 2 heterocycles. The van der Waals surface area contributed by atoms with Gasteiger partial charge in [-0.15, -0.1) is 0 Å². The van der Waals surface area contributed by atoms with Crippen LogP contribution < -0.4 is 9.64 Å². The van der Waals surface area contributed by atoms with Crippen LogP contribution in [0.1, 0.15) is 62.7 Å². The molecule has 1 atom stereocenters. The van der Waals surface area contributed by atoms with E-state index in [0.29, 0.717) is 23.6 Å². The van der Waals surface area contributed by atoms with Gasteiger partial charge in [0.15, 0.2) is 5.13 Å². The number of carbonyl (C=O) groups is 4. The number of rotatable bonds is 11. The monoisotopic (exact) mass is 590 g/mol. The summed E-state index contributed by atoms with van der Waals surface area (Å²) in [4.78, 5) is 57.4. The van der Waals surface area contributed by atoms with Gasteiger partial charge in [-0.25, -0.2) is 14.6 Å². The lowest BCUT2D eigenvalue weighted by molar-refractivity contribution is -0.132. The molecule has 0 saturated carbocycles. The zero-order valence-electron chi connectivity index (χ0n) is 23.4. The van der Waals surface area contributed by atoms with E-state index in [4.69, 9.17) is 14.2 Å². The average molecular weight is 591 g/mol. The zero-order chi connectivity index (χ0) is 30.4. The van der Waals surface area contributed by atoms with E-state index in [1.165, 1.54) is 25.3 Å². The third-order valence-electron chi connectivity index (χ3n) is 6.48. The summed E-state index contributed by atoms with van der Waals surface area (Å²) in [5, 5.41) is 11.5. The van der Waals surface area contributed by atoms with Crippen LogP contribution in [0.25, 0.3) is 5.76 Å². The topological polar surface area (TPSA) is 132 Å². The number of carbonyl (C=O) groups excluding carboxylic acids is 4. The molecule has 0 spiro atoms. The number of aliphatic hydroxyl groups excluding tert-OH is 1. The number of Topliss-reactive ketones (excluding diaryl/α,β-unsaturated/α-hetero) is 1. The molecule has 2 aromatic carbocycles. The summed E-state index contributed by atoms with van der Waals surface area (Å²) in [5.41, 5.74) is 1.08. The number of anilines is 1. The van der Waals surface area contributed by atoms with Crippen molar-refractivity contribution in [1.29, 1.82) is 0 Å². The number of hydrogen-bond acceptors (Lipinski definition) is 10. The van der Waals surface area contributed by atoms with Crippen molar-refractivity contribution in [1.82, 2.24) is 4.98 Å². The Bertz CT molecular complexity index is 1560. The Kier molecular flexibility index (Phi) is 9.53. The van der Waals surface area contributed by atoms with Crippen LogP contribution in [-0.2, 0) is 19.1 Å². The van der Waals surface area contributed by atoms with Crippen LogP contribution in [0, 0.1) is 6.92 Å². The van der Waals surface area contributed by atoms with Gasteiger partial charge in [0.25, 0.3) is 5.78 Å². The van der Waals surface area contributed by atoms with Crippen LogP contribution in [-0.4, -0.2) is 54.0 Å². The van der Waals surface area contributed by atoms with E-state index < -0.39 is 35.4 Å². The van der Waals surface area contributed by atoms with E-state index in [2.05, 4.69) is 11.6 Å². The number of ether oxygens (including phenoxy) is 3. The van der Waals surface area contributed by atoms with E-state index >= 15 is 0 Å². The lowest BCUT2D eigenvalue weighted by Crippen LogP contribution is -2.29. The number of esters is 2. The summed E-state index contributed by atoms with van der Waals surface area (Å²) in [5.74, 6) is -2.99. The molecule has 1 fully saturated rings. The molecule has 0 radical (unpaired) electrons. The highest BCUT2D eigenvalue weighted by Gasteiger charge is 2.48. The Morgan fingerprint density at radius 2 is 1.86 bits per heavy atom. The van der Waals surface area contributed by atoms with Crippen molar-refractivity contribution in [2.24, 2.45) is 0 Å². The first-order valence-corrected chi connectivity index (χ1v) is 14.0. The molecule has 218 valence electrons. The zero-order valence-corrected chi connectivity index (χ0v) is 24.2. The summed E-state index contributed by atoms with van der Waals surface area (Å²) in [6.45, 7) is 7.63. The molecular formula is C31H30N2O8S. The number of hydrogen-bond donors (Lipinski definition) is 1. The minimum Gasteiger partial charge on any atom is -0.507 e. The van der Waals surface area contributed by atoms with Gasteiger partial charge >= 0.3 is 17.8 Å². The van der Waals surface area contributed by atoms with Crippen LogP contribution in [0.2, 0.25) is 0 Å². The van der Waals surface area contributed by atoms with Crippen molar-refractivity contribution in [3.05, 3.63) is 94.0 Å². The predicted octanol–water partition coefficient (Wildman–Crippen LogP) is 5.39. The Morgan fingerprint density at radius 3 is 2.52 bits per heavy atom. The van der Waals surface area contributed by atoms with Gasteiger partial charge in [0.05, 0.1) is 36.6 Å². The Hall–Kier alpha value is -4.77. The third-order valence-corrected chi connectivity index (χ3v) is 7.61. The Labute approximate surface area is 246 Å². The van der Waals surface area contributed by atoms with E-state index in [1.807, 2.05) is 6.92 Å². The number of aromatic nitrogens is 1. The van der Waals surface area contributed by atoms with Crippen molar-refractivity contribution < 1.29 is 38.5 Å². The lowest BCUT2D eigenvalue weighted by atomic mass is 9.94. The number of methoxy groups -OCH3 is 1. The molecule has 42 heavy (non-hydrogen) atoms. The highest BCUT2D eigenvalue weighted by Crippen LogP contribution is 2.44. The van der Waals surface area contributed by atoms with Crippen LogP contribution in [0.15, 0.2) is 66.8 Å². The number of nitrogens with zero attached hydrogens (tertiary/aromatic N) is 2. The minimum atomic E-state index is -1.12. The van der Waals surface area contributed by atoms with Gasteiger partial charge in [0, 0.05) is 5.56 Å². The van der Waals surface area contributed by atoms with Crippen molar-refractivity contribution >= 4 is 45.9 Å². The lowest BCUT2D eigenvalue weighted by Gasteiger charge is -2.23. The molecular weight excluding hydrogens is 560 g/mol. The van der Waals surface area contributed by atoms with Gasteiger partial charge in [-0.05, 0) is 43.2 Å². The van der Waals surface area contributed by atoms with Gasteiger partial charge in [-0.1, -0.05) is 61.6 Å². The van der Waals surface area contributed by atoms with E-state index in [0.717, 1.165) is 29.1 Å². The van der Waals surface area contributed by atoms with Crippen molar-refractivity contribution in [2.75, 3.05) is 25.2 Å². The maximum atomic E-state index is 13.5. The quantitative estimate of drug-likeness (QED) is 0.0780. The fraction of sp³-hybridized carbons (Fsp3) is 0.258. The molecule has 4 rings (SSSR count). The predicted molar refractivity (Wildman–Crippen MR) is 157 cm³/mol. The van der Waals surface area contributed by atoms with E-state index in [-0.39, 0.29) is 33.3 Å². The maximum absolute atomic E-state index is 13.5. The second-order valence-corrected chi connectivity index (χ2v) is 10.3. The fourth-order valence-electron chi connectivity index (χ4n) is 4.36. The highest BCUT2D eigenvalue weighted by molar-refractivity contribution is 7.17. The number of benzene rings is 2. The molecule has 1 amide bonds. The number of aryl methyl sites for hydroxylation is 1. The second-order valence-electron chi connectivity index (χ2n) is 9.31. The molecule has 1 aromatic heterocycles. The number of unbranched alkanes of at least 4 members (excludes halogenated alkanes) is 1. The smallest absolute Gasteiger partial charge is 0.350 e. The number of amides is 1. The molecule has 0 bridgehead atoms. The average Bonchev–Trinajstić information content (AvgIpc) is 3.51. The molecule has 1 saturated heterocycles. The number of ketones is 1. The Morgan fingerprint density at radius 1 is 1.12 bits per heavy atom. The van der Waals surface area contributed by atoms with Crippen molar-refractivity contribution in [2.45, 2.75) is 32.7 Å². The Balaban J connectivity index is 1.85. The largest absolute Gasteiger partial charge is 0.507 e. The molecule has 1 aliphatic rings. The summed E-state index contributed by atoms with van der Waals surface area (Å²) >= 11 is 0.889. The number of thiazole rings is 1. The summed E-state index contributed by atoms with van der Waals surface area (Å²) in [6.07, 6.45) is 3.22. The van der Waals surface area contributed by atoms with E-state index in [1.54, 1.807) is 43.3 Å². The molecule has 10 nitrogen and oxygen atoms in total. The van der Waals surface area contributed by atoms with Crippen LogP contribution in [0.4, 0.5) is 5.13 Å². The van der Waals surface area contributed by atoms with E-state index in [9.17, 15) is 24.3 Å². The standard InChI is InChI=1S/C31H30N2O8S/c1-5-7-16-40-22-10-8-9-21(17-22)25(34)23-24(19-11-13-20(14-12-19)29(37)39-4)33(28(36)26(23)35)31-32-18(3)27(42-31)30(38)41-15-6-2/h6,8-14,17,24,34H,2,5,7,15-16H2,1,3-4H3. The third kappa shape index (κ3) is 6.10. The van der Waals surface area contributed by atoms with Crippen LogP contribution in [0.3, 0.4) is 0 Å². The second kappa shape index (κ2) is 13.3. The minimum absolute atomic E-state index is 0.0101. The molecule has 1 aliphatic heterocycles. The molecule has 1 unspecified atom stereocenters. The van der Waals surface area contributed by atoms with Crippen molar-refractivity contribution in [3.63, 3.8) is 0 Å². The number of aliphatic hydroxyl groups is 1. The summed E-state index contributed by atoms with van der Waals surface area (Å²) < 4.78 is 15.7. The van der Waals surface area contributed by atoms with Gasteiger partial charge < -0.3 is 19.3 Å². The van der Waals surface area contributed by atoms with Crippen molar-refractivity contribution in [3.8, 4) is 5.75 Å². The van der Waals surface area contributed by atoms with Gasteiger partial charge in [-0.2, -0.15) is 0 Å². The molecule has 11 heteroatoms. The summed E-state index contributed by atoms with van der Waals surface area (Å²) in [6, 6.07) is 11.6. The normalized spacial score (nSPS) is 15.9. The van der Waals surface area contributed by atoms with Gasteiger partial charge in [0.1, 0.15) is 23.0 Å². The molecule has 1 N–H and O–H groups in total. The summed E-state index contributed by atoms with van der Waals surface area (Å²) in [7, 11) is 1.26. The van der Waals surface area contributed by atoms with Crippen LogP contribution >= 0.6 is 11.3 Å². The molecule has 3 aromatic rings. The SMILES string of the molecule is C=CCOC(=O)c1sc(N2C(=O)C(=O)C(=C(O)c3cccc(OCCCC)c3)C2c2ccc(C(=O)OC)cc2)nc1C. The maximum Gasteiger partial charge on any atom is 0.350 e. The first-order valence-electron chi connectivity index (χ1n) is 13.2. The fourth-order valence-corrected chi connectivity index (χ4v) is 5.35.